The van der Waals surface area contributed by atoms with Gasteiger partial charge in [-0.3, -0.25) is 14.1 Å². The number of carbonyl (C=O) groups excluding carboxylic acids is 1. The number of allylic oxidation sites excluding steroid dienone is 1. The summed E-state index contributed by atoms with van der Waals surface area (Å²) >= 11 is 0. The molecule has 0 spiro atoms. The summed E-state index contributed by atoms with van der Waals surface area (Å²) in [6.45, 7) is 3.40. The number of hydrogen-bond donors (Lipinski definition) is 3. The standard InChI is InChI=1S/C29H26N4O7.V/c1-3-38-28-30-23-10-6-9-22(27(36)39-16-24(35)17(2)34)25(23)33(28)15-18-11-13-19(14-12-18)20-7-4-5-8-21(20)26-31-29(37)40-32-26;/h4-14,34-35H,3,15-16H2,1-2H3,(H,31,32,37);/b24-17-;. The summed E-state index contributed by atoms with van der Waals surface area (Å²) in [4.78, 5) is 31.6. The molecule has 0 aliphatic rings. The maximum absolute atomic E-state index is 13.0. The topological polar surface area (TPSA) is 153 Å². The molecule has 0 amide bonds. The third-order valence-corrected chi connectivity index (χ3v) is 6.21. The first-order valence-corrected chi connectivity index (χ1v) is 12.5. The van der Waals surface area contributed by atoms with Gasteiger partial charge in [0.2, 0.25) is 0 Å². The van der Waals surface area contributed by atoms with Crippen LogP contribution in [0.3, 0.4) is 0 Å². The van der Waals surface area contributed by atoms with Gasteiger partial charge < -0.3 is 19.7 Å². The second-order valence-electron chi connectivity index (χ2n) is 8.88. The Balaban J connectivity index is 0.00000387. The predicted octanol–water partition coefficient (Wildman–Crippen LogP) is 5.00. The molecule has 0 fully saturated rings. The first kappa shape index (κ1) is 29.3. The Labute approximate surface area is 245 Å². The van der Waals surface area contributed by atoms with Crippen LogP contribution in [0, 0.1) is 0 Å². The number of aromatic nitrogens is 4. The minimum atomic E-state index is -0.680. The fourth-order valence-electron chi connectivity index (χ4n) is 4.29. The molecule has 3 N–H and O–H groups in total. The van der Waals surface area contributed by atoms with Crippen LogP contribution >= 0.6 is 0 Å². The molecular formula is C29H26N4O7V. The van der Waals surface area contributed by atoms with Crippen molar-refractivity contribution in [2.24, 2.45) is 0 Å². The van der Waals surface area contributed by atoms with Crippen LogP contribution in [0.5, 0.6) is 6.01 Å². The number of rotatable bonds is 9. The number of nitrogens with zero attached hydrogens (tertiary/aromatic N) is 3. The van der Waals surface area contributed by atoms with Gasteiger partial charge in [-0.05, 0) is 42.7 Å². The summed E-state index contributed by atoms with van der Waals surface area (Å²) in [6.07, 6.45) is 0. The molecule has 5 rings (SSSR count). The van der Waals surface area contributed by atoms with Gasteiger partial charge in [0.05, 0.1) is 29.7 Å². The molecule has 12 heteroatoms. The van der Waals surface area contributed by atoms with E-state index in [1.165, 1.54) is 6.92 Å². The van der Waals surface area contributed by atoms with Gasteiger partial charge in [-0.25, -0.2) is 9.59 Å². The monoisotopic (exact) mass is 593 g/mol. The molecule has 41 heavy (non-hydrogen) atoms. The number of aliphatic hydroxyl groups is 2. The molecule has 0 aliphatic carbocycles. The number of fused-ring (bicyclic) bond motifs is 1. The van der Waals surface area contributed by atoms with Crippen molar-refractivity contribution in [2.45, 2.75) is 20.4 Å². The van der Waals surface area contributed by atoms with Crippen LogP contribution in [0.2, 0.25) is 0 Å². The number of carbonyl (C=O) groups is 1. The van der Waals surface area contributed by atoms with Crippen molar-refractivity contribution < 1.29 is 47.6 Å². The molecule has 1 radical (unpaired) electrons. The Bertz CT molecular complexity index is 1770. The van der Waals surface area contributed by atoms with Gasteiger partial charge in [0.1, 0.15) is 5.76 Å². The summed E-state index contributed by atoms with van der Waals surface area (Å²) < 4.78 is 17.5. The molecule has 0 bridgehead atoms. The molecule has 2 aromatic heterocycles. The van der Waals surface area contributed by atoms with Crippen LogP contribution in [0.4, 0.5) is 0 Å². The number of esters is 1. The number of ether oxygens (including phenoxy) is 2. The van der Waals surface area contributed by atoms with Crippen molar-refractivity contribution in [3.05, 3.63) is 99.9 Å². The molecule has 2 heterocycles. The summed E-state index contributed by atoms with van der Waals surface area (Å²) in [6, 6.07) is 20.7. The normalized spacial score (nSPS) is 11.6. The van der Waals surface area contributed by atoms with Crippen LogP contribution in [-0.2, 0) is 29.8 Å². The quantitative estimate of drug-likeness (QED) is 0.158. The smallest absolute Gasteiger partial charge is 0.439 e. The average Bonchev–Trinajstić information content (AvgIpc) is 3.55. The van der Waals surface area contributed by atoms with Crippen molar-refractivity contribution in [2.75, 3.05) is 13.2 Å². The molecule has 11 nitrogen and oxygen atoms in total. The van der Waals surface area contributed by atoms with E-state index in [-0.39, 0.29) is 29.9 Å². The Morgan fingerprint density at radius 2 is 1.76 bits per heavy atom. The van der Waals surface area contributed by atoms with E-state index in [1.54, 1.807) is 22.8 Å². The zero-order valence-electron chi connectivity index (χ0n) is 22.2. The van der Waals surface area contributed by atoms with Gasteiger partial charge in [0.15, 0.2) is 18.2 Å². The maximum atomic E-state index is 13.0. The second-order valence-corrected chi connectivity index (χ2v) is 8.88. The summed E-state index contributed by atoms with van der Waals surface area (Å²) in [5, 5.41) is 23.0. The van der Waals surface area contributed by atoms with E-state index >= 15 is 0 Å². The zero-order valence-corrected chi connectivity index (χ0v) is 23.6. The van der Waals surface area contributed by atoms with Crippen LogP contribution in [-0.4, -0.2) is 49.1 Å². The predicted molar refractivity (Wildman–Crippen MR) is 146 cm³/mol. The minimum absolute atomic E-state index is 0. The van der Waals surface area contributed by atoms with Gasteiger partial charge in [0.25, 0.3) is 6.01 Å². The van der Waals surface area contributed by atoms with Crippen molar-refractivity contribution in [1.29, 1.82) is 0 Å². The Morgan fingerprint density at radius 1 is 1.02 bits per heavy atom. The Kier molecular flexibility index (Phi) is 9.01. The number of benzene rings is 3. The van der Waals surface area contributed by atoms with Crippen LogP contribution in [0.15, 0.2) is 87.6 Å². The fourth-order valence-corrected chi connectivity index (χ4v) is 4.29. The largest absolute Gasteiger partial charge is 0.509 e. The molecule has 5 aromatic rings. The Morgan fingerprint density at radius 3 is 2.41 bits per heavy atom. The number of H-pyrrole nitrogens is 1. The van der Waals surface area contributed by atoms with Gasteiger partial charge in [-0.15, -0.1) is 0 Å². The first-order chi connectivity index (χ1) is 19.4. The van der Waals surface area contributed by atoms with E-state index in [9.17, 15) is 19.8 Å². The number of aromatic amines is 1. The zero-order chi connectivity index (χ0) is 28.2. The van der Waals surface area contributed by atoms with Crippen molar-refractivity contribution >= 4 is 17.0 Å². The van der Waals surface area contributed by atoms with Gasteiger partial charge in [-0.2, -0.15) is 4.98 Å². The van der Waals surface area contributed by atoms with Crippen molar-refractivity contribution in [3.63, 3.8) is 0 Å². The number of hydrogen-bond acceptors (Lipinski definition) is 9. The molecular weight excluding hydrogens is 567 g/mol. The number of para-hydroxylation sites is 1. The summed E-state index contributed by atoms with van der Waals surface area (Å²) in [7, 11) is 0. The third-order valence-electron chi connectivity index (χ3n) is 6.21. The van der Waals surface area contributed by atoms with Crippen LogP contribution in [0.25, 0.3) is 33.5 Å². The molecule has 3 aromatic carbocycles. The molecule has 0 aliphatic heterocycles. The van der Waals surface area contributed by atoms with Crippen molar-refractivity contribution in [1.82, 2.24) is 19.7 Å². The van der Waals surface area contributed by atoms with E-state index in [0.717, 1.165) is 22.3 Å². The SMILES string of the molecule is CCOc1nc2cccc(C(=O)OC/C(O)=C(\C)O)c2n1Cc1ccc(-c2ccccc2-c2noc(=O)[nH]2)cc1.[V]. The molecule has 0 atom stereocenters. The van der Waals surface area contributed by atoms with E-state index < -0.39 is 24.1 Å². The fraction of sp³-hybridized carbons (Fsp3) is 0.172. The number of imidazole rings is 1. The maximum Gasteiger partial charge on any atom is 0.439 e. The average molecular weight is 593 g/mol. The molecule has 209 valence electrons. The van der Waals surface area contributed by atoms with E-state index in [0.29, 0.717) is 36.0 Å². The van der Waals surface area contributed by atoms with Crippen molar-refractivity contribution in [3.8, 4) is 28.5 Å². The summed E-state index contributed by atoms with van der Waals surface area (Å²) in [5.41, 5.74) is 4.71. The van der Waals surface area contributed by atoms with Gasteiger partial charge in [0, 0.05) is 24.1 Å². The molecule has 0 saturated carbocycles. The number of nitrogens with one attached hydrogen (secondary N) is 1. The number of aliphatic hydroxyl groups excluding tert-OH is 2. The van der Waals surface area contributed by atoms with Crippen LogP contribution in [0.1, 0.15) is 29.8 Å². The van der Waals surface area contributed by atoms with Gasteiger partial charge >= 0.3 is 11.7 Å². The molecule has 0 saturated heterocycles. The van der Waals surface area contributed by atoms with Gasteiger partial charge in [-0.1, -0.05) is 59.8 Å². The van der Waals surface area contributed by atoms with E-state index in [4.69, 9.17) is 9.47 Å². The summed E-state index contributed by atoms with van der Waals surface area (Å²) in [5.74, 6) is -1.72. The Hall–Kier alpha value is -4.74. The minimum Gasteiger partial charge on any atom is -0.509 e. The third kappa shape index (κ3) is 6.21. The molecule has 0 unspecified atom stereocenters. The second kappa shape index (κ2) is 12.6. The van der Waals surface area contributed by atoms with E-state index in [1.807, 2.05) is 55.5 Å². The van der Waals surface area contributed by atoms with Crippen LogP contribution < -0.4 is 10.5 Å². The first-order valence-electron chi connectivity index (χ1n) is 12.5. The van der Waals surface area contributed by atoms with E-state index in [2.05, 4.69) is 19.6 Å².